The molecule has 0 bridgehead atoms. The van der Waals surface area contributed by atoms with E-state index in [0.29, 0.717) is 5.75 Å². The first-order chi connectivity index (χ1) is 12.3. The summed E-state index contributed by atoms with van der Waals surface area (Å²) in [6.07, 6.45) is 1.94. The van der Waals surface area contributed by atoms with Crippen LogP contribution in [0.5, 0.6) is 5.75 Å². The molecule has 0 spiro atoms. The quantitative estimate of drug-likeness (QED) is 0.291. The van der Waals surface area contributed by atoms with Crippen LogP contribution in [0.3, 0.4) is 0 Å². The second-order valence-corrected chi connectivity index (χ2v) is 5.47. The van der Waals surface area contributed by atoms with E-state index in [2.05, 4.69) is 20.9 Å². The molecule has 0 aromatic heterocycles. The molecule has 0 saturated carbocycles. The lowest BCUT2D eigenvalue weighted by atomic mass is 10.1. The van der Waals surface area contributed by atoms with E-state index >= 15 is 0 Å². The van der Waals surface area contributed by atoms with Crippen LogP contribution in [0.4, 0.5) is 0 Å². The Kier molecular flexibility index (Phi) is 8.79. The van der Waals surface area contributed by atoms with Crippen LogP contribution >= 0.6 is 12.2 Å². The Balaban J connectivity index is 2.33. The molecule has 0 aliphatic heterocycles. The number of thiocarbonyl (C=S) groups is 1. The number of hydrogen-bond donors (Lipinski definition) is 3. The van der Waals surface area contributed by atoms with E-state index in [4.69, 9.17) is 17.0 Å². The van der Waals surface area contributed by atoms with Crippen LogP contribution in [0, 0.1) is 13.8 Å². The van der Waals surface area contributed by atoms with Gasteiger partial charge in [0.1, 0.15) is 5.75 Å². The standard InChI is InChI=1S/C17H21N3O5S/c1-4-24-16(23)9-8-14(21)18-17(26)20-19-15(22)10-25-13-7-5-6-11(2)12(13)3/h5-9H,4,10H2,1-3H3,(H,19,22)(H2,18,20,21,26)/b9-8+. The van der Waals surface area contributed by atoms with E-state index in [-0.39, 0.29) is 18.3 Å². The number of nitrogens with one attached hydrogen (secondary N) is 3. The van der Waals surface area contributed by atoms with Gasteiger partial charge in [0.25, 0.3) is 5.91 Å². The molecule has 0 radical (unpaired) electrons. The van der Waals surface area contributed by atoms with Crippen LogP contribution < -0.4 is 20.9 Å². The molecule has 3 N–H and O–H groups in total. The Bertz CT molecular complexity index is 718. The van der Waals surface area contributed by atoms with Crippen molar-refractivity contribution in [1.82, 2.24) is 16.2 Å². The minimum Gasteiger partial charge on any atom is -0.483 e. The lowest BCUT2D eigenvalue weighted by Gasteiger charge is -2.12. The minimum atomic E-state index is -0.642. The molecule has 1 aromatic carbocycles. The van der Waals surface area contributed by atoms with Gasteiger partial charge in [-0.25, -0.2) is 4.79 Å². The van der Waals surface area contributed by atoms with Crippen LogP contribution in [0.15, 0.2) is 30.4 Å². The number of rotatable bonds is 6. The minimum absolute atomic E-state index is 0.136. The van der Waals surface area contributed by atoms with Gasteiger partial charge in [0.05, 0.1) is 6.61 Å². The molecule has 0 aliphatic carbocycles. The normalized spacial score (nSPS) is 10.1. The Morgan fingerprint density at radius 2 is 1.88 bits per heavy atom. The van der Waals surface area contributed by atoms with Crippen molar-refractivity contribution in [1.29, 1.82) is 0 Å². The predicted molar refractivity (Wildman–Crippen MR) is 99.2 cm³/mol. The molecule has 9 heteroatoms. The van der Waals surface area contributed by atoms with Crippen LogP contribution in [0.2, 0.25) is 0 Å². The lowest BCUT2D eigenvalue weighted by Crippen LogP contribution is -2.49. The second kappa shape index (κ2) is 10.8. The zero-order chi connectivity index (χ0) is 19.5. The third kappa shape index (κ3) is 7.75. The van der Waals surface area contributed by atoms with Gasteiger partial charge in [0.2, 0.25) is 5.91 Å². The number of hydrazine groups is 1. The van der Waals surface area contributed by atoms with Gasteiger partial charge in [-0.15, -0.1) is 0 Å². The van der Waals surface area contributed by atoms with Crippen molar-refractivity contribution in [3.05, 3.63) is 41.5 Å². The maximum Gasteiger partial charge on any atom is 0.330 e. The summed E-state index contributed by atoms with van der Waals surface area (Å²) in [5, 5.41) is 2.12. The summed E-state index contributed by atoms with van der Waals surface area (Å²) < 4.78 is 10.1. The highest BCUT2D eigenvalue weighted by molar-refractivity contribution is 7.80. The van der Waals surface area contributed by atoms with E-state index in [1.807, 2.05) is 26.0 Å². The molecule has 8 nitrogen and oxygen atoms in total. The molecule has 0 saturated heterocycles. The summed E-state index contributed by atoms with van der Waals surface area (Å²) >= 11 is 4.85. The van der Waals surface area contributed by atoms with Crippen LogP contribution in [-0.4, -0.2) is 36.1 Å². The number of hydrogen-bond acceptors (Lipinski definition) is 6. The van der Waals surface area contributed by atoms with Gasteiger partial charge in [-0.2, -0.15) is 0 Å². The van der Waals surface area contributed by atoms with Crippen LogP contribution in [0.1, 0.15) is 18.1 Å². The van der Waals surface area contributed by atoms with Gasteiger partial charge in [-0.05, 0) is 50.2 Å². The van der Waals surface area contributed by atoms with Crippen molar-refractivity contribution in [3.8, 4) is 5.75 Å². The number of carbonyl (C=O) groups excluding carboxylic acids is 3. The molecule has 2 amide bonds. The van der Waals surface area contributed by atoms with Crippen molar-refractivity contribution in [3.63, 3.8) is 0 Å². The largest absolute Gasteiger partial charge is 0.483 e. The number of esters is 1. The summed E-state index contributed by atoms with van der Waals surface area (Å²) in [6.45, 7) is 5.48. The maximum atomic E-state index is 11.7. The molecule has 1 rings (SSSR count). The van der Waals surface area contributed by atoms with Crippen molar-refractivity contribution >= 4 is 35.1 Å². The first-order valence-electron chi connectivity index (χ1n) is 7.77. The number of benzene rings is 1. The van der Waals surface area contributed by atoms with E-state index in [1.165, 1.54) is 0 Å². The first kappa shape index (κ1) is 21.1. The van der Waals surface area contributed by atoms with Gasteiger partial charge < -0.3 is 9.47 Å². The fourth-order valence-electron chi connectivity index (χ4n) is 1.71. The molecule has 0 fully saturated rings. The van der Waals surface area contributed by atoms with Gasteiger partial charge in [-0.3, -0.25) is 25.8 Å². The van der Waals surface area contributed by atoms with Crippen molar-refractivity contribution in [2.24, 2.45) is 0 Å². The van der Waals surface area contributed by atoms with E-state index in [1.54, 1.807) is 13.0 Å². The summed E-state index contributed by atoms with van der Waals surface area (Å²) in [6, 6.07) is 5.55. The molecular weight excluding hydrogens is 358 g/mol. The van der Waals surface area contributed by atoms with E-state index < -0.39 is 17.8 Å². The highest BCUT2D eigenvalue weighted by Gasteiger charge is 2.07. The van der Waals surface area contributed by atoms with Gasteiger partial charge in [0, 0.05) is 12.2 Å². The Hall–Kier alpha value is -2.94. The summed E-state index contributed by atoms with van der Waals surface area (Å²) in [5.74, 6) is -1.15. The molecule has 1 aromatic rings. The highest BCUT2D eigenvalue weighted by Crippen LogP contribution is 2.20. The topological polar surface area (TPSA) is 106 Å². The van der Waals surface area contributed by atoms with Crippen LogP contribution in [0.25, 0.3) is 0 Å². The Morgan fingerprint density at radius 1 is 1.15 bits per heavy atom. The highest BCUT2D eigenvalue weighted by atomic mass is 32.1. The predicted octanol–water partition coefficient (Wildman–Crippen LogP) is 0.823. The molecule has 0 atom stereocenters. The van der Waals surface area contributed by atoms with Gasteiger partial charge in [-0.1, -0.05) is 12.1 Å². The number of amides is 2. The average Bonchev–Trinajstić information content (AvgIpc) is 2.59. The van der Waals surface area contributed by atoms with Crippen molar-refractivity contribution < 1.29 is 23.9 Å². The smallest absolute Gasteiger partial charge is 0.330 e. The summed E-state index contributed by atoms with van der Waals surface area (Å²) in [5.41, 5.74) is 6.65. The SMILES string of the molecule is CCOC(=O)/C=C/C(=O)NC(=S)NNC(=O)COc1cccc(C)c1C. The number of ether oxygens (including phenoxy) is 2. The fraction of sp³-hybridized carbons (Fsp3) is 0.294. The summed E-state index contributed by atoms with van der Waals surface area (Å²) in [7, 11) is 0. The molecule has 0 unspecified atom stereocenters. The lowest BCUT2D eigenvalue weighted by molar-refractivity contribution is -0.137. The molecule has 0 aliphatic rings. The van der Waals surface area contributed by atoms with E-state index in [9.17, 15) is 14.4 Å². The third-order valence-corrected chi connectivity index (χ3v) is 3.33. The Labute approximate surface area is 156 Å². The van der Waals surface area contributed by atoms with Gasteiger partial charge in [0.15, 0.2) is 11.7 Å². The fourth-order valence-corrected chi connectivity index (χ4v) is 1.86. The second-order valence-electron chi connectivity index (χ2n) is 5.06. The maximum absolute atomic E-state index is 11.7. The summed E-state index contributed by atoms with van der Waals surface area (Å²) in [4.78, 5) is 34.3. The number of aryl methyl sites for hydroxylation is 1. The zero-order valence-corrected chi connectivity index (χ0v) is 15.6. The van der Waals surface area contributed by atoms with Crippen molar-refractivity contribution in [2.75, 3.05) is 13.2 Å². The van der Waals surface area contributed by atoms with E-state index in [0.717, 1.165) is 23.3 Å². The van der Waals surface area contributed by atoms with Gasteiger partial charge >= 0.3 is 5.97 Å². The molecule has 140 valence electrons. The zero-order valence-electron chi connectivity index (χ0n) is 14.8. The Morgan fingerprint density at radius 3 is 2.58 bits per heavy atom. The van der Waals surface area contributed by atoms with Crippen molar-refractivity contribution in [2.45, 2.75) is 20.8 Å². The molecule has 0 heterocycles. The van der Waals surface area contributed by atoms with Crippen LogP contribution in [-0.2, 0) is 19.1 Å². The first-order valence-corrected chi connectivity index (χ1v) is 8.18. The third-order valence-electron chi connectivity index (χ3n) is 3.12. The molecule has 26 heavy (non-hydrogen) atoms. The average molecular weight is 379 g/mol. The monoisotopic (exact) mass is 379 g/mol. The number of carbonyl (C=O) groups is 3. The molecular formula is C17H21N3O5S.